The molecule has 2 heteroatoms. The summed E-state index contributed by atoms with van der Waals surface area (Å²) in [5, 5.41) is 3.51. The van der Waals surface area contributed by atoms with Gasteiger partial charge in [0.1, 0.15) is 5.75 Å². The second-order valence-electron chi connectivity index (χ2n) is 7.81. The summed E-state index contributed by atoms with van der Waals surface area (Å²) in [5.41, 5.74) is 1.78. The number of benzene rings is 1. The monoisotopic (exact) mass is 291 g/mol. The fraction of sp³-hybridized carbons (Fsp3) is 0.684. The normalized spacial score (nSPS) is 14.0. The first-order valence-corrected chi connectivity index (χ1v) is 8.12. The molecule has 0 fully saturated rings. The van der Waals surface area contributed by atoms with Gasteiger partial charge < -0.3 is 10.1 Å². The van der Waals surface area contributed by atoms with E-state index in [9.17, 15) is 0 Å². The van der Waals surface area contributed by atoms with E-state index in [-0.39, 0.29) is 11.0 Å². The highest BCUT2D eigenvalue weighted by molar-refractivity contribution is 5.31. The van der Waals surface area contributed by atoms with Crippen molar-refractivity contribution in [2.24, 2.45) is 5.92 Å². The van der Waals surface area contributed by atoms with Crippen LogP contribution in [0.5, 0.6) is 5.75 Å². The minimum Gasteiger partial charge on any atom is -0.493 e. The fourth-order valence-electron chi connectivity index (χ4n) is 1.98. The van der Waals surface area contributed by atoms with Crippen LogP contribution in [-0.2, 0) is 5.41 Å². The molecule has 0 spiro atoms. The van der Waals surface area contributed by atoms with Gasteiger partial charge in [-0.2, -0.15) is 0 Å². The number of ether oxygens (including phenoxy) is 1. The largest absolute Gasteiger partial charge is 0.493 e. The molecule has 21 heavy (non-hydrogen) atoms. The summed E-state index contributed by atoms with van der Waals surface area (Å²) in [6, 6.07) is 8.57. The predicted octanol–water partition coefficient (Wildman–Crippen LogP) is 4.78. The average Bonchev–Trinajstić information content (AvgIpc) is 2.42. The maximum absolute atomic E-state index is 5.89. The Morgan fingerprint density at radius 3 is 2.10 bits per heavy atom. The first-order valence-electron chi connectivity index (χ1n) is 8.12. The Bertz CT molecular complexity index is 414. The third-order valence-electron chi connectivity index (χ3n) is 4.04. The summed E-state index contributed by atoms with van der Waals surface area (Å²) in [6.45, 7) is 17.3. The van der Waals surface area contributed by atoms with Gasteiger partial charge in [0.05, 0.1) is 6.61 Å². The number of rotatable bonds is 7. The molecule has 0 aromatic heterocycles. The molecule has 1 aromatic carbocycles. The summed E-state index contributed by atoms with van der Waals surface area (Å²) < 4.78 is 5.89. The van der Waals surface area contributed by atoms with Crippen molar-refractivity contribution in [3.05, 3.63) is 29.8 Å². The lowest BCUT2D eigenvalue weighted by atomic mass is 9.82. The second-order valence-corrected chi connectivity index (χ2v) is 7.81. The number of hydrogen-bond donors (Lipinski definition) is 1. The molecule has 0 bridgehead atoms. The second kappa shape index (κ2) is 7.31. The van der Waals surface area contributed by atoms with Gasteiger partial charge in [0.2, 0.25) is 0 Å². The van der Waals surface area contributed by atoms with Crippen LogP contribution in [-0.4, -0.2) is 18.7 Å². The molecule has 0 saturated carbocycles. The van der Waals surface area contributed by atoms with E-state index in [1.165, 1.54) is 5.56 Å². The lowest BCUT2D eigenvalue weighted by Gasteiger charge is -2.24. The van der Waals surface area contributed by atoms with Crippen LogP contribution in [0.1, 0.15) is 60.5 Å². The summed E-state index contributed by atoms with van der Waals surface area (Å²) in [5.74, 6) is 1.46. The van der Waals surface area contributed by atoms with Crippen molar-refractivity contribution < 1.29 is 4.74 Å². The molecule has 1 N–H and O–H groups in total. The maximum atomic E-state index is 5.89. The Morgan fingerprint density at radius 2 is 1.62 bits per heavy atom. The van der Waals surface area contributed by atoms with E-state index in [1.807, 2.05) is 0 Å². The van der Waals surface area contributed by atoms with Crippen molar-refractivity contribution in [3.63, 3.8) is 0 Å². The Morgan fingerprint density at radius 1 is 1.05 bits per heavy atom. The van der Waals surface area contributed by atoms with Crippen LogP contribution < -0.4 is 10.1 Å². The minimum atomic E-state index is 0.168. The van der Waals surface area contributed by atoms with Crippen molar-refractivity contribution >= 4 is 0 Å². The zero-order chi connectivity index (χ0) is 16.1. The van der Waals surface area contributed by atoms with Crippen molar-refractivity contribution in [1.82, 2.24) is 5.32 Å². The van der Waals surface area contributed by atoms with Gasteiger partial charge in [0, 0.05) is 18.0 Å². The van der Waals surface area contributed by atoms with E-state index in [2.05, 4.69) is 78.0 Å². The van der Waals surface area contributed by atoms with Gasteiger partial charge >= 0.3 is 0 Å². The molecular formula is C19H33NO. The Labute approximate surface area is 131 Å². The summed E-state index contributed by atoms with van der Waals surface area (Å²) >= 11 is 0. The lowest BCUT2D eigenvalue weighted by molar-refractivity contribution is 0.244. The predicted molar refractivity (Wildman–Crippen MR) is 92.2 cm³/mol. The summed E-state index contributed by atoms with van der Waals surface area (Å²) in [6.07, 6.45) is 1.14. The van der Waals surface area contributed by atoms with Gasteiger partial charge in [0.25, 0.3) is 0 Å². The quantitative estimate of drug-likeness (QED) is 0.781. The van der Waals surface area contributed by atoms with Gasteiger partial charge in [0.15, 0.2) is 0 Å². The molecule has 120 valence electrons. The van der Waals surface area contributed by atoms with E-state index in [0.29, 0.717) is 5.92 Å². The maximum Gasteiger partial charge on any atom is 0.119 e. The molecule has 0 heterocycles. The number of hydrogen-bond acceptors (Lipinski definition) is 2. The molecule has 0 radical (unpaired) electrons. The van der Waals surface area contributed by atoms with Gasteiger partial charge in [-0.05, 0) is 50.3 Å². The highest BCUT2D eigenvalue weighted by atomic mass is 16.5. The van der Waals surface area contributed by atoms with Gasteiger partial charge in [-0.3, -0.25) is 0 Å². The van der Waals surface area contributed by atoms with Crippen molar-refractivity contribution in [2.75, 3.05) is 13.2 Å². The van der Waals surface area contributed by atoms with Crippen LogP contribution in [0.4, 0.5) is 0 Å². The molecule has 1 rings (SSSR count). The van der Waals surface area contributed by atoms with Crippen molar-refractivity contribution in [3.8, 4) is 5.75 Å². The van der Waals surface area contributed by atoms with E-state index < -0.39 is 0 Å². The third-order valence-corrected chi connectivity index (χ3v) is 4.04. The zero-order valence-electron chi connectivity index (χ0n) is 14.9. The van der Waals surface area contributed by atoms with Crippen LogP contribution in [0, 0.1) is 5.92 Å². The third kappa shape index (κ3) is 6.52. The SMILES string of the molecule is CCC(C)(C)c1ccc(OCC(C)CNC(C)(C)C)cc1. The lowest BCUT2D eigenvalue weighted by Crippen LogP contribution is -2.39. The zero-order valence-corrected chi connectivity index (χ0v) is 14.9. The van der Waals surface area contributed by atoms with Crippen LogP contribution in [0.25, 0.3) is 0 Å². The molecule has 0 aliphatic heterocycles. The van der Waals surface area contributed by atoms with Gasteiger partial charge in [-0.1, -0.05) is 39.8 Å². The highest BCUT2D eigenvalue weighted by Gasteiger charge is 2.17. The molecule has 0 amide bonds. The van der Waals surface area contributed by atoms with Crippen LogP contribution in [0.15, 0.2) is 24.3 Å². The Kier molecular flexibility index (Phi) is 6.27. The topological polar surface area (TPSA) is 21.3 Å². The van der Waals surface area contributed by atoms with Gasteiger partial charge in [-0.25, -0.2) is 0 Å². The first kappa shape index (κ1) is 18.0. The molecule has 0 saturated heterocycles. The van der Waals surface area contributed by atoms with Crippen molar-refractivity contribution in [1.29, 1.82) is 0 Å². The Balaban J connectivity index is 2.46. The molecule has 1 atom stereocenters. The molecular weight excluding hydrogens is 258 g/mol. The number of nitrogens with one attached hydrogen (secondary N) is 1. The molecule has 1 aromatic rings. The van der Waals surface area contributed by atoms with E-state index >= 15 is 0 Å². The minimum absolute atomic E-state index is 0.168. The van der Waals surface area contributed by atoms with E-state index in [0.717, 1.165) is 25.3 Å². The molecule has 0 aliphatic rings. The summed E-state index contributed by atoms with van der Waals surface area (Å²) in [7, 11) is 0. The standard InChI is InChI=1S/C19H33NO/c1-8-19(6,7)16-9-11-17(12-10-16)21-14-15(2)13-20-18(3,4)5/h9-12,15,20H,8,13-14H2,1-7H3. The average molecular weight is 291 g/mol. The Hall–Kier alpha value is -1.02. The fourth-order valence-corrected chi connectivity index (χ4v) is 1.98. The van der Waals surface area contributed by atoms with E-state index in [1.54, 1.807) is 0 Å². The van der Waals surface area contributed by atoms with Gasteiger partial charge in [-0.15, -0.1) is 0 Å². The van der Waals surface area contributed by atoms with Crippen LogP contribution in [0.3, 0.4) is 0 Å². The summed E-state index contributed by atoms with van der Waals surface area (Å²) in [4.78, 5) is 0. The van der Waals surface area contributed by atoms with Crippen LogP contribution >= 0.6 is 0 Å². The molecule has 2 nitrogen and oxygen atoms in total. The van der Waals surface area contributed by atoms with Crippen molar-refractivity contribution in [2.45, 2.75) is 65.8 Å². The smallest absolute Gasteiger partial charge is 0.119 e. The molecule has 1 unspecified atom stereocenters. The van der Waals surface area contributed by atoms with E-state index in [4.69, 9.17) is 4.74 Å². The van der Waals surface area contributed by atoms with Crippen LogP contribution in [0.2, 0.25) is 0 Å². The highest BCUT2D eigenvalue weighted by Crippen LogP contribution is 2.28. The first-order chi connectivity index (χ1) is 9.64. The molecule has 0 aliphatic carbocycles.